The minimum Gasteiger partial charge on any atom is -0.440 e. The number of nitrogens with one attached hydrogen (secondary N) is 1. The minimum atomic E-state index is -1.01. The molecule has 0 saturated heterocycles. The molecule has 0 aliphatic heterocycles. The van der Waals surface area contributed by atoms with Crippen LogP contribution in [0.2, 0.25) is 0 Å². The Labute approximate surface area is 241 Å². The number of aryl methyl sites for hydroxylation is 1. The SMILES string of the molecule is Cc1nc(-c2ccccc2)n(CC(=O)NC(C(=O)c2nnc(C(C)(C)c3nc4ccccc4o3)o2)C(C)C)c(=O)c1N. The summed E-state index contributed by atoms with van der Waals surface area (Å²) in [4.78, 5) is 48.8. The van der Waals surface area contributed by atoms with E-state index in [4.69, 9.17) is 14.6 Å². The molecule has 0 spiro atoms. The quantitative estimate of drug-likeness (QED) is 0.249. The number of ketones is 1. The molecule has 5 aromatic rings. The minimum absolute atomic E-state index is 0.0566. The Morgan fingerprint density at radius 1 is 0.976 bits per heavy atom. The van der Waals surface area contributed by atoms with Crippen LogP contribution in [-0.2, 0) is 16.8 Å². The molecule has 3 heterocycles. The van der Waals surface area contributed by atoms with Crippen LogP contribution in [-0.4, -0.2) is 42.5 Å². The zero-order chi connectivity index (χ0) is 30.2. The number of Topliss-reactive ketones (excluding diaryl/α,β-unsaturated/α-hetero) is 1. The summed E-state index contributed by atoms with van der Waals surface area (Å²) >= 11 is 0. The fourth-order valence-corrected chi connectivity index (χ4v) is 4.47. The lowest BCUT2D eigenvalue weighted by Gasteiger charge is -2.21. The van der Waals surface area contributed by atoms with Crippen molar-refractivity contribution in [1.29, 1.82) is 0 Å². The molecular weight excluding hydrogens is 538 g/mol. The number of carbonyl (C=O) groups is 2. The molecular formula is C30H31N7O5. The molecule has 0 aliphatic carbocycles. The molecule has 0 radical (unpaired) electrons. The number of nitrogens with zero attached hydrogens (tertiary/aromatic N) is 5. The van der Waals surface area contributed by atoms with E-state index in [1.165, 1.54) is 4.57 Å². The standard InChI is InChI=1S/C30H31N7O5/c1-16(2)23(34-21(38)15-37-25(18-11-7-6-8-12-18)32-17(3)22(31)27(37)40)24(39)26-35-36-29(42-26)30(4,5)28-33-19-13-9-10-14-20(19)41-28/h6-14,16,23H,15,31H2,1-5H3,(H,34,38). The number of aromatic nitrogens is 5. The number of nitrogen functional groups attached to an aromatic ring is 1. The van der Waals surface area contributed by atoms with Crippen molar-refractivity contribution in [3.63, 3.8) is 0 Å². The maximum atomic E-state index is 13.5. The Morgan fingerprint density at radius 2 is 1.67 bits per heavy atom. The van der Waals surface area contributed by atoms with Gasteiger partial charge in [-0.15, -0.1) is 10.2 Å². The zero-order valence-corrected chi connectivity index (χ0v) is 23.9. The highest BCUT2D eigenvalue weighted by atomic mass is 16.4. The van der Waals surface area contributed by atoms with Gasteiger partial charge in [-0.3, -0.25) is 19.0 Å². The molecule has 0 bridgehead atoms. The summed E-state index contributed by atoms with van der Waals surface area (Å²) in [7, 11) is 0. The first-order valence-corrected chi connectivity index (χ1v) is 13.4. The summed E-state index contributed by atoms with van der Waals surface area (Å²) in [5, 5.41) is 10.8. The number of rotatable bonds is 9. The van der Waals surface area contributed by atoms with Gasteiger partial charge in [0.05, 0.1) is 11.7 Å². The van der Waals surface area contributed by atoms with Gasteiger partial charge in [-0.25, -0.2) is 9.97 Å². The number of anilines is 1. The maximum Gasteiger partial charge on any atom is 0.286 e. The predicted octanol–water partition coefficient (Wildman–Crippen LogP) is 3.67. The molecule has 3 N–H and O–H groups in total. The highest BCUT2D eigenvalue weighted by Gasteiger charge is 2.37. The Morgan fingerprint density at radius 3 is 2.36 bits per heavy atom. The van der Waals surface area contributed by atoms with Gasteiger partial charge in [-0.1, -0.05) is 56.3 Å². The van der Waals surface area contributed by atoms with E-state index in [0.29, 0.717) is 28.2 Å². The number of amides is 1. The lowest BCUT2D eigenvalue weighted by Crippen LogP contribution is -2.46. The van der Waals surface area contributed by atoms with Crippen molar-refractivity contribution in [1.82, 2.24) is 30.0 Å². The van der Waals surface area contributed by atoms with E-state index < -0.39 is 35.3 Å². The molecule has 5 rings (SSSR count). The topological polar surface area (TPSA) is 172 Å². The van der Waals surface area contributed by atoms with E-state index in [9.17, 15) is 14.4 Å². The predicted molar refractivity (Wildman–Crippen MR) is 155 cm³/mol. The first-order chi connectivity index (χ1) is 20.0. The van der Waals surface area contributed by atoms with Crippen molar-refractivity contribution in [3.05, 3.63) is 88.3 Å². The van der Waals surface area contributed by atoms with Crippen LogP contribution >= 0.6 is 0 Å². The Hall–Kier alpha value is -5.13. The number of carbonyl (C=O) groups excluding carboxylic acids is 2. The Bertz CT molecular complexity index is 1800. The molecule has 0 fully saturated rings. The molecule has 42 heavy (non-hydrogen) atoms. The molecule has 1 amide bonds. The van der Waals surface area contributed by atoms with E-state index in [1.54, 1.807) is 65.0 Å². The summed E-state index contributed by atoms with van der Waals surface area (Å²) in [6.45, 7) is 8.36. The molecule has 1 atom stereocenters. The molecule has 0 aliphatic rings. The summed E-state index contributed by atoms with van der Waals surface area (Å²) in [5.74, 6) is -0.986. The third kappa shape index (κ3) is 5.30. The van der Waals surface area contributed by atoms with Gasteiger partial charge in [0.1, 0.15) is 29.0 Å². The van der Waals surface area contributed by atoms with E-state index >= 15 is 0 Å². The van der Waals surface area contributed by atoms with Gasteiger partial charge in [0.2, 0.25) is 23.5 Å². The van der Waals surface area contributed by atoms with Crippen LogP contribution in [0.1, 0.15) is 55.9 Å². The van der Waals surface area contributed by atoms with E-state index in [1.807, 2.05) is 24.3 Å². The molecule has 12 heteroatoms. The van der Waals surface area contributed by atoms with Gasteiger partial charge >= 0.3 is 0 Å². The van der Waals surface area contributed by atoms with Crippen LogP contribution < -0.4 is 16.6 Å². The normalized spacial score (nSPS) is 12.5. The van der Waals surface area contributed by atoms with Gasteiger partial charge in [0.15, 0.2) is 5.58 Å². The van der Waals surface area contributed by atoms with Gasteiger partial charge in [0.25, 0.3) is 11.4 Å². The van der Waals surface area contributed by atoms with Crippen molar-refractivity contribution in [2.45, 2.75) is 52.6 Å². The molecule has 0 saturated carbocycles. The monoisotopic (exact) mass is 569 g/mol. The van der Waals surface area contributed by atoms with Crippen LogP contribution in [0.3, 0.4) is 0 Å². The maximum absolute atomic E-state index is 13.5. The van der Waals surface area contributed by atoms with E-state index in [-0.39, 0.29) is 29.2 Å². The first kappa shape index (κ1) is 28.4. The highest BCUT2D eigenvalue weighted by molar-refractivity contribution is 5.98. The fraction of sp³-hybridized carbons (Fsp3) is 0.300. The number of benzene rings is 2. The van der Waals surface area contributed by atoms with Crippen molar-refractivity contribution in [3.8, 4) is 11.4 Å². The second-order valence-electron chi connectivity index (χ2n) is 10.9. The van der Waals surface area contributed by atoms with Crippen molar-refractivity contribution in [2.24, 2.45) is 5.92 Å². The summed E-state index contributed by atoms with van der Waals surface area (Å²) in [6, 6.07) is 15.3. The van der Waals surface area contributed by atoms with E-state index in [2.05, 4.69) is 25.5 Å². The number of nitrogens with two attached hydrogens (primary N) is 1. The van der Waals surface area contributed by atoms with Crippen LogP contribution in [0.15, 0.2) is 68.2 Å². The second kappa shape index (κ2) is 11.0. The summed E-state index contributed by atoms with van der Waals surface area (Å²) in [5.41, 5.74) is 6.71. The van der Waals surface area contributed by atoms with Crippen LogP contribution in [0, 0.1) is 12.8 Å². The molecule has 12 nitrogen and oxygen atoms in total. The number of hydrogen-bond donors (Lipinski definition) is 2. The van der Waals surface area contributed by atoms with Gasteiger partial charge in [-0.05, 0) is 38.8 Å². The highest BCUT2D eigenvalue weighted by Crippen LogP contribution is 2.32. The number of oxazole rings is 1. The summed E-state index contributed by atoms with van der Waals surface area (Å²) < 4.78 is 12.9. The van der Waals surface area contributed by atoms with Crippen LogP contribution in [0.25, 0.3) is 22.5 Å². The Balaban J connectivity index is 1.38. The fourth-order valence-electron chi connectivity index (χ4n) is 4.47. The largest absolute Gasteiger partial charge is 0.440 e. The van der Waals surface area contributed by atoms with Crippen molar-refractivity contribution >= 4 is 28.5 Å². The van der Waals surface area contributed by atoms with E-state index in [0.717, 1.165) is 0 Å². The van der Waals surface area contributed by atoms with Gasteiger partial charge in [-0.2, -0.15) is 0 Å². The third-order valence-electron chi connectivity index (χ3n) is 6.99. The zero-order valence-electron chi connectivity index (χ0n) is 23.9. The molecule has 1 unspecified atom stereocenters. The van der Waals surface area contributed by atoms with Crippen LogP contribution in [0.4, 0.5) is 5.69 Å². The van der Waals surface area contributed by atoms with Crippen molar-refractivity contribution in [2.75, 3.05) is 5.73 Å². The average molecular weight is 570 g/mol. The van der Waals surface area contributed by atoms with Gasteiger partial charge < -0.3 is 19.9 Å². The second-order valence-corrected chi connectivity index (χ2v) is 10.9. The molecule has 3 aromatic heterocycles. The Kier molecular flexibility index (Phi) is 7.46. The smallest absolute Gasteiger partial charge is 0.286 e. The number of hydrogen-bond acceptors (Lipinski definition) is 10. The molecule has 216 valence electrons. The summed E-state index contributed by atoms with van der Waals surface area (Å²) in [6.07, 6.45) is 0. The van der Waals surface area contributed by atoms with Crippen molar-refractivity contribution < 1.29 is 18.4 Å². The third-order valence-corrected chi connectivity index (χ3v) is 6.99. The lowest BCUT2D eigenvalue weighted by molar-refractivity contribution is -0.122. The number of fused-ring (bicyclic) bond motifs is 1. The lowest BCUT2D eigenvalue weighted by atomic mass is 9.93. The van der Waals surface area contributed by atoms with Gasteiger partial charge in [0, 0.05) is 5.56 Å². The first-order valence-electron chi connectivity index (χ1n) is 13.4. The van der Waals surface area contributed by atoms with Crippen LogP contribution in [0.5, 0.6) is 0 Å². The number of para-hydroxylation sites is 2. The average Bonchev–Trinajstić information content (AvgIpc) is 3.65. The molecule has 2 aromatic carbocycles.